The van der Waals surface area contributed by atoms with E-state index >= 15 is 0 Å². The van der Waals surface area contributed by atoms with Gasteiger partial charge in [0.2, 0.25) is 0 Å². The number of likely N-dealkylation sites (tertiary alicyclic amines) is 1. The molecular formula is C15H17NO. The van der Waals surface area contributed by atoms with E-state index in [-0.39, 0.29) is 11.3 Å². The first-order valence-electron chi connectivity index (χ1n) is 6.30. The van der Waals surface area contributed by atoms with Gasteiger partial charge in [0, 0.05) is 18.5 Å². The molecule has 1 aromatic carbocycles. The van der Waals surface area contributed by atoms with Gasteiger partial charge in [0.05, 0.1) is 0 Å². The quantitative estimate of drug-likeness (QED) is 0.774. The molecule has 1 saturated heterocycles. The lowest BCUT2D eigenvalue weighted by Gasteiger charge is -2.33. The van der Waals surface area contributed by atoms with Crippen LogP contribution in [0.3, 0.4) is 0 Å². The minimum Gasteiger partial charge on any atom is -0.295 e. The molecule has 1 atom stereocenters. The summed E-state index contributed by atoms with van der Waals surface area (Å²) in [4.78, 5) is 14.0. The Kier molecular flexibility index (Phi) is 2.60. The Bertz CT molecular complexity index is 451. The van der Waals surface area contributed by atoms with Crippen LogP contribution in [0.1, 0.15) is 24.8 Å². The predicted molar refractivity (Wildman–Crippen MR) is 67.6 cm³/mol. The van der Waals surface area contributed by atoms with Crippen molar-refractivity contribution in [2.45, 2.75) is 31.3 Å². The number of allylic oxidation sites excluding steroid dienone is 1. The van der Waals surface area contributed by atoms with E-state index in [9.17, 15) is 4.79 Å². The Morgan fingerprint density at radius 3 is 2.76 bits per heavy atom. The molecule has 0 aromatic heterocycles. The maximum atomic E-state index is 11.5. The van der Waals surface area contributed by atoms with Crippen LogP contribution >= 0.6 is 0 Å². The largest absolute Gasteiger partial charge is 0.295 e. The smallest absolute Gasteiger partial charge is 0.157 e. The molecule has 0 bridgehead atoms. The molecule has 1 aliphatic heterocycles. The van der Waals surface area contributed by atoms with Crippen LogP contribution in [0.5, 0.6) is 0 Å². The van der Waals surface area contributed by atoms with Gasteiger partial charge in [-0.3, -0.25) is 9.69 Å². The number of hydrogen-bond donors (Lipinski definition) is 0. The van der Waals surface area contributed by atoms with Gasteiger partial charge in [-0.05, 0) is 31.0 Å². The fourth-order valence-corrected chi connectivity index (χ4v) is 3.05. The van der Waals surface area contributed by atoms with E-state index in [1.807, 2.05) is 6.07 Å². The second kappa shape index (κ2) is 4.11. The molecule has 17 heavy (non-hydrogen) atoms. The van der Waals surface area contributed by atoms with Crippen LogP contribution in [0.2, 0.25) is 0 Å². The number of nitrogens with zero attached hydrogens (tertiary/aromatic N) is 1. The van der Waals surface area contributed by atoms with Crippen LogP contribution in [0, 0.1) is 0 Å². The SMILES string of the molecule is O=C1C=CC2(CCCN2Cc2ccccc2)C1. The highest BCUT2D eigenvalue weighted by molar-refractivity contribution is 5.94. The zero-order chi connectivity index (χ0) is 11.7. The van der Waals surface area contributed by atoms with Gasteiger partial charge in [0.1, 0.15) is 0 Å². The number of carbonyl (C=O) groups is 1. The summed E-state index contributed by atoms with van der Waals surface area (Å²) in [6.45, 7) is 2.06. The maximum absolute atomic E-state index is 11.5. The highest BCUT2D eigenvalue weighted by atomic mass is 16.1. The van der Waals surface area contributed by atoms with Crippen LogP contribution in [-0.4, -0.2) is 22.8 Å². The van der Waals surface area contributed by atoms with Crippen LogP contribution in [0.15, 0.2) is 42.5 Å². The normalized spacial score (nSPS) is 28.4. The monoisotopic (exact) mass is 227 g/mol. The number of benzene rings is 1. The zero-order valence-corrected chi connectivity index (χ0v) is 9.93. The summed E-state index contributed by atoms with van der Waals surface area (Å²) < 4.78 is 0. The summed E-state index contributed by atoms with van der Waals surface area (Å²) in [5.74, 6) is 0.282. The third-order valence-corrected chi connectivity index (χ3v) is 3.94. The molecule has 1 aromatic rings. The van der Waals surface area contributed by atoms with Crippen LogP contribution in [-0.2, 0) is 11.3 Å². The first-order valence-corrected chi connectivity index (χ1v) is 6.30. The highest BCUT2D eigenvalue weighted by Crippen LogP contribution is 2.38. The van der Waals surface area contributed by atoms with Gasteiger partial charge < -0.3 is 0 Å². The molecule has 1 heterocycles. The molecule has 1 spiro atoms. The molecule has 2 nitrogen and oxygen atoms in total. The zero-order valence-electron chi connectivity index (χ0n) is 9.93. The second-order valence-electron chi connectivity index (χ2n) is 5.09. The number of carbonyl (C=O) groups excluding carboxylic acids is 1. The Morgan fingerprint density at radius 1 is 1.24 bits per heavy atom. The van der Waals surface area contributed by atoms with Gasteiger partial charge in [-0.15, -0.1) is 0 Å². The molecule has 0 N–H and O–H groups in total. The Morgan fingerprint density at radius 2 is 2.06 bits per heavy atom. The topological polar surface area (TPSA) is 20.3 Å². The first-order chi connectivity index (χ1) is 8.28. The third kappa shape index (κ3) is 1.93. The summed E-state index contributed by atoms with van der Waals surface area (Å²) in [5, 5.41) is 0. The molecule has 0 radical (unpaired) electrons. The van der Waals surface area contributed by atoms with Crippen molar-refractivity contribution in [1.82, 2.24) is 4.90 Å². The van der Waals surface area contributed by atoms with Crippen molar-refractivity contribution in [3.8, 4) is 0 Å². The fourth-order valence-electron chi connectivity index (χ4n) is 3.05. The summed E-state index contributed by atoms with van der Waals surface area (Å²) in [6.07, 6.45) is 6.90. The van der Waals surface area contributed by atoms with Crippen molar-refractivity contribution < 1.29 is 4.79 Å². The summed E-state index contributed by atoms with van der Waals surface area (Å²) in [5.41, 5.74) is 1.37. The van der Waals surface area contributed by atoms with E-state index in [1.165, 1.54) is 12.0 Å². The Balaban J connectivity index is 1.79. The molecule has 1 fully saturated rings. The lowest BCUT2D eigenvalue weighted by molar-refractivity contribution is -0.115. The van der Waals surface area contributed by atoms with Gasteiger partial charge in [-0.25, -0.2) is 0 Å². The van der Waals surface area contributed by atoms with Crippen molar-refractivity contribution in [2.75, 3.05) is 6.54 Å². The van der Waals surface area contributed by atoms with Crippen molar-refractivity contribution in [2.24, 2.45) is 0 Å². The third-order valence-electron chi connectivity index (χ3n) is 3.94. The molecule has 2 aliphatic rings. The Labute approximate surface area is 102 Å². The van der Waals surface area contributed by atoms with E-state index in [0.29, 0.717) is 6.42 Å². The van der Waals surface area contributed by atoms with Crippen molar-refractivity contribution >= 4 is 5.78 Å². The van der Waals surface area contributed by atoms with Crippen molar-refractivity contribution in [1.29, 1.82) is 0 Å². The van der Waals surface area contributed by atoms with E-state index in [1.54, 1.807) is 6.08 Å². The molecular weight excluding hydrogens is 210 g/mol. The van der Waals surface area contributed by atoms with Gasteiger partial charge in [-0.2, -0.15) is 0 Å². The molecule has 1 aliphatic carbocycles. The maximum Gasteiger partial charge on any atom is 0.157 e. The van der Waals surface area contributed by atoms with Crippen molar-refractivity contribution in [3.05, 3.63) is 48.0 Å². The van der Waals surface area contributed by atoms with E-state index in [2.05, 4.69) is 35.2 Å². The summed E-state index contributed by atoms with van der Waals surface area (Å²) in [7, 11) is 0. The summed E-state index contributed by atoms with van der Waals surface area (Å²) in [6, 6.07) is 10.5. The molecule has 3 rings (SSSR count). The molecule has 0 amide bonds. The van der Waals surface area contributed by atoms with Crippen molar-refractivity contribution in [3.63, 3.8) is 0 Å². The van der Waals surface area contributed by atoms with Gasteiger partial charge >= 0.3 is 0 Å². The Hall–Kier alpha value is -1.41. The molecule has 2 heteroatoms. The average molecular weight is 227 g/mol. The molecule has 1 unspecified atom stereocenters. The van der Waals surface area contributed by atoms with Crippen LogP contribution < -0.4 is 0 Å². The number of hydrogen-bond acceptors (Lipinski definition) is 2. The molecule has 88 valence electrons. The van der Waals surface area contributed by atoms with E-state index in [0.717, 1.165) is 19.5 Å². The molecule has 0 saturated carbocycles. The standard InChI is InChI=1S/C15H17NO/c17-14-7-9-15(11-14)8-4-10-16(15)12-13-5-2-1-3-6-13/h1-3,5-7,9H,4,8,10-12H2. The number of rotatable bonds is 2. The van der Waals surface area contributed by atoms with E-state index in [4.69, 9.17) is 0 Å². The van der Waals surface area contributed by atoms with Gasteiger partial charge in [0.15, 0.2) is 5.78 Å². The lowest BCUT2D eigenvalue weighted by Crippen LogP contribution is -2.40. The fraction of sp³-hybridized carbons (Fsp3) is 0.400. The van der Waals surface area contributed by atoms with Gasteiger partial charge in [-0.1, -0.05) is 36.4 Å². The predicted octanol–water partition coefficient (Wildman–Crippen LogP) is 2.55. The minimum absolute atomic E-state index is 0.0346. The van der Waals surface area contributed by atoms with E-state index < -0.39 is 0 Å². The van der Waals surface area contributed by atoms with Crippen LogP contribution in [0.25, 0.3) is 0 Å². The minimum atomic E-state index is 0.0346. The average Bonchev–Trinajstić information content (AvgIpc) is 2.89. The van der Waals surface area contributed by atoms with Crippen LogP contribution in [0.4, 0.5) is 0 Å². The summed E-state index contributed by atoms with van der Waals surface area (Å²) >= 11 is 0. The first kappa shape index (κ1) is 10.7. The second-order valence-corrected chi connectivity index (χ2v) is 5.09. The van der Waals surface area contributed by atoms with Gasteiger partial charge in [0.25, 0.3) is 0 Å². The lowest BCUT2D eigenvalue weighted by atomic mass is 9.95. The number of ketones is 1. The highest BCUT2D eigenvalue weighted by Gasteiger charge is 2.42.